The molecule has 2 rings (SSSR count). The molecule has 0 spiro atoms. The summed E-state index contributed by atoms with van der Waals surface area (Å²) >= 11 is 0. The second-order valence-corrected chi connectivity index (χ2v) is 4.84. The first-order chi connectivity index (χ1) is 10.8. The van der Waals surface area contributed by atoms with Crippen molar-refractivity contribution in [1.82, 2.24) is 30.4 Å². The molecule has 0 aromatic carbocycles. The Balaban J connectivity index is 0.00000264. The molecule has 2 heterocycles. The molecule has 0 amide bonds. The number of hydrogen-bond acceptors (Lipinski definition) is 5. The first-order valence-corrected chi connectivity index (χ1v) is 7.65. The van der Waals surface area contributed by atoms with E-state index in [4.69, 9.17) is 0 Å². The number of anilines is 1. The van der Waals surface area contributed by atoms with E-state index >= 15 is 0 Å². The molecule has 0 saturated heterocycles. The minimum absolute atomic E-state index is 0. The van der Waals surface area contributed by atoms with Crippen molar-refractivity contribution in [2.24, 2.45) is 12.0 Å². The summed E-state index contributed by atoms with van der Waals surface area (Å²) in [5.74, 6) is 1.65. The third kappa shape index (κ3) is 5.48. The molecular formula is C14H25IN8. The van der Waals surface area contributed by atoms with Gasteiger partial charge in [-0.2, -0.15) is 5.10 Å². The molecule has 0 aliphatic heterocycles. The van der Waals surface area contributed by atoms with Crippen molar-refractivity contribution in [2.45, 2.75) is 20.3 Å². The monoisotopic (exact) mass is 432 g/mol. The summed E-state index contributed by atoms with van der Waals surface area (Å²) < 4.78 is 1.74. The molecular weight excluding hydrogens is 407 g/mol. The van der Waals surface area contributed by atoms with E-state index < -0.39 is 0 Å². The van der Waals surface area contributed by atoms with Crippen LogP contribution in [0.3, 0.4) is 0 Å². The second kappa shape index (κ2) is 10.2. The number of aromatic nitrogens is 4. The Morgan fingerprint density at radius 1 is 1.22 bits per heavy atom. The van der Waals surface area contributed by atoms with Crippen molar-refractivity contribution in [1.29, 1.82) is 0 Å². The predicted molar refractivity (Wildman–Crippen MR) is 104 cm³/mol. The Morgan fingerprint density at radius 2 is 2.04 bits per heavy atom. The van der Waals surface area contributed by atoms with Gasteiger partial charge in [0.25, 0.3) is 0 Å². The van der Waals surface area contributed by atoms with Crippen LogP contribution in [-0.2, 0) is 7.05 Å². The van der Waals surface area contributed by atoms with Crippen LogP contribution in [0.5, 0.6) is 0 Å². The second-order valence-electron chi connectivity index (χ2n) is 4.84. The van der Waals surface area contributed by atoms with Crippen molar-refractivity contribution >= 4 is 46.8 Å². The molecule has 3 N–H and O–H groups in total. The van der Waals surface area contributed by atoms with Gasteiger partial charge >= 0.3 is 0 Å². The van der Waals surface area contributed by atoms with Gasteiger partial charge in [0, 0.05) is 33.2 Å². The van der Waals surface area contributed by atoms with Crippen LogP contribution in [0.2, 0.25) is 0 Å². The zero-order chi connectivity index (χ0) is 15.8. The third-order valence-corrected chi connectivity index (χ3v) is 3.08. The van der Waals surface area contributed by atoms with Crippen LogP contribution in [0.1, 0.15) is 20.3 Å². The summed E-state index contributed by atoms with van der Waals surface area (Å²) in [7, 11) is 1.87. The van der Waals surface area contributed by atoms with Crippen LogP contribution in [0.4, 0.5) is 5.82 Å². The van der Waals surface area contributed by atoms with Crippen molar-refractivity contribution in [3.8, 4) is 0 Å². The quantitative estimate of drug-likeness (QED) is 0.265. The van der Waals surface area contributed by atoms with Crippen LogP contribution >= 0.6 is 24.0 Å². The SMILES string of the molecule is CCCN=C(NCC)NCCNc1ncnc2c1cnn2C.I. The fourth-order valence-electron chi connectivity index (χ4n) is 2.03. The van der Waals surface area contributed by atoms with Gasteiger partial charge in [0.2, 0.25) is 0 Å². The number of hydrogen-bond donors (Lipinski definition) is 3. The Labute approximate surface area is 153 Å². The maximum Gasteiger partial charge on any atom is 0.191 e. The van der Waals surface area contributed by atoms with E-state index in [2.05, 4.69) is 49.9 Å². The fourth-order valence-corrected chi connectivity index (χ4v) is 2.03. The van der Waals surface area contributed by atoms with Gasteiger partial charge in [-0.15, -0.1) is 24.0 Å². The summed E-state index contributed by atoms with van der Waals surface area (Å²) in [6, 6.07) is 0. The van der Waals surface area contributed by atoms with Crippen LogP contribution in [0.15, 0.2) is 17.5 Å². The summed E-state index contributed by atoms with van der Waals surface area (Å²) in [6.45, 7) is 7.33. The Hall–Kier alpha value is -1.65. The largest absolute Gasteiger partial charge is 0.368 e. The molecule has 0 atom stereocenters. The number of fused-ring (bicyclic) bond motifs is 1. The van der Waals surface area contributed by atoms with Gasteiger partial charge in [-0.05, 0) is 13.3 Å². The molecule has 0 bridgehead atoms. The molecule has 0 radical (unpaired) electrons. The molecule has 8 nitrogen and oxygen atoms in total. The van der Waals surface area contributed by atoms with Gasteiger partial charge in [-0.1, -0.05) is 6.92 Å². The maximum atomic E-state index is 4.46. The highest BCUT2D eigenvalue weighted by molar-refractivity contribution is 14.0. The van der Waals surface area contributed by atoms with Crippen LogP contribution in [0, 0.1) is 0 Å². The predicted octanol–water partition coefficient (Wildman–Crippen LogP) is 1.36. The Kier molecular flexibility index (Phi) is 8.59. The van der Waals surface area contributed by atoms with Crippen molar-refractivity contribution in [3.63, 3.8) is 0 Å². The van der Waals surface area contributed by atoms with Gasteiger partial charge in [-0.3, -0.25) is 9.67 Å². The summed E-state index contributed by atoms with van der Waals surface area (Å²) in [5, 5.41) is 14.9. The zero-order valence-electron chi connectivity index (χ0n) is 13.8. The van der Waals surface area contributed by atoms with E-state index in [1.54, 1.807) is 17.2 Å². The number of nitrogens with one attached hydrogen (secondary N) is 3. The zero-order valence-corrected chi connectivity index (χ0v) is 16.2. The number of nitrogens with zero attached hydrogens (tertiary/aromatic N) is 5. The minimum Gasteiger partial charge on any atom is -0.368 e. The lowest BCUT2D eigenvalue weighted by Crippen LogP contribution is -2.39. The van der Waals surface area contributed by atoms with E-state index in [0.29, 0.717) is 0 Å². The smallest absolute Gasteiger partial charge is 0.191 e. The van der Waals surface area contributed by atoms with E-state index in [1.165, 1.54) is 0 Å². The number of aryl methyl sites for hydroxylation is 1. The number of guanidine groups is 1. The summed E-state index contributed by atoms with van der Waals surface area (Å²) in [6.07, 6.45) is 4.36. The van der Waals surface area contributed by atoms with Gasteiger partial charge in [0.1, 0.15) is 12.1 Å². The molecule has 0 aliphatic rings. The molecule has 0 unspecified atom stereocenters. The average molecular weight is 432 g/mol. The molecule has 0 fully saturated rings. The number of halogens is 1. The van der Waals surface area contributed by atoms with E-state index in [9.17, 15) is 0 Å². The summed E-state index contributed by atoms with van der Waals surface area (Å²) in [5.41, 5.74) is 0.823. The fraction of sp³-hybridized carbons (Fsp3) is 0.571. The standard InChI is InChI=1S/C14H24N8.HI/c1-4-6-17-14(15-5-2)18-8-7-16-12-11-9-21-22(3)13(11)20-10-19-12;/h9-10H,4-8H2,1-3H3,(H2,15,17,18)(H,16,19,20);1H. The van der Waals surface area contributed by atoms with Crippen molar-refractivity contribution < 1.29 is 0 Å². The summed E-state index contributed by atoms with van der Waals surface area (Å²) in [4.78, 5) is 13.0. The number of rotatable bonds is 7. The first kappa shape index (κ1) is 19.4. The Bertz CT molecular complexity index is 624. The van der Waals surface area contributed by atoms with Gasteiger partial charge < -0.3 is 16.0 Å². The van der Waals surface area contributed by atoms with Crippen LogP contribution < -0.4 is 16.0 Å². The van der Waals surface area contributed by atoms with Gasteiger partial charge in [-0.25, -0.2) is 9.97 Å². The van der Waals surface area contributed by atoms with Gasteiger partial charge in [0.05, 0.1) is 11.6 Å². The highest BCUT2D eigenvalue weighted by Gasteiger charge is 2.06. The molecule has 9 heteroatoms. The maximum absolute atomic E-state index is 4.46. The Morgan fingerprint density at radius 3 is 2.78 bits per heavy atom. The highest BCUT2D eigenvalue weighted by Crippen LogP contribution is 2.16. The van der Waals surface area contributed by atoms with Gasteiger partial charge in [0.15, 0.2) is 11.6 Å². The lowest BCUT2D eigenvalue weighted by atomic mass is 10.4. The first-order valence-electron chi connectivity index (χ1n) is 7.65. The van der Waals surface area contributed by atoms with E-state index in [-0.39, 0.29) is 24.0 Å². The van der Waals surface area contributed by atoms with E-state index in [0.717, 1.165) is 55.4 Å². The van der Waals surface area contributed by atoms with E-state index in [1.807, 2.05) is 7.05 Å². The lowest BCUT2D eigenvalue weighted by molar-refractivity contribution is 0.785. The molecule has 128 valence electrons. The molecule has 0 aliphatic carbocycles. The van der Waals surface area contributed by atoms with Crippen LogP contribution in [0.25, 0.3) is 11.0 Å². The normalized spacial score (nSPS) is 11.2. The van der Waals surface area contributed by atoms with Crippen molar-refractivity contribution in [2.75, 3.05) is 31.5 Å². The molecule has 2 aromatic heterocycles. The molecule has 0 saturated carbocycles. The third-order valence-electron chi connectivity index (χ3n) is 3.08. The highest BCUT2D eigenvalue weighted by atomic mass is 127. The average Bonchev–Trinajstić information content (AvgIpc) is 2.91. The molecule has 2 aromatic rings. The van der Waals surface area contributed by atoms with Crippen molar-refractivity contribution in [3.05, 3.63) is 12.5 Å². The molecule has 23 heavy (non-hydrogen) atoms. The topological polar surface area (TPSA) is 92.1 Å². The lowest BCUT2D eigenvalue weighted by Gasteiger charge is -2.12. The minimum atomic E-state index is 0. The number of aliphatic imine (C=N–C) groups is 1. The van der Waals surface area contributed by atoms with Crippen LogP contribution in [-0.4, -0.2) is 51.9 Å².